The quantitative estimate of drug-likeness (QED) is 0.103. The standard InChI is InChI=1S/C42H43FN6O9/c1-3-42(57)26-16-31-39-24(19-49(31)40(55)25(26)20-58-41(42)56)38-28(10-9-23-21(2)27(43)17-30(48-39)37(23)38)46-36(54)18-45-34(52)13-11-32(50)29(15-22-7-5-4-6-8-22)47-35(53)14-12-33(44)51/h4-8,16-17,28-29,57H,3,9-15,18-20H2,1-2H3,(H2,44,51)(H,45,52)(H,46,54)(H,47,53)/t28-,29?,42-/m0/s1. The number of aryl methyl sites for hydroxylation is 1. The van der Waals surface area contributed by atoms with Gasteiger partial charge in [-0.2, -0.15) is 0 Å². The lowest BCUT2D eigenvalue weighted by molar-refractivity contribution is -0.172. The molecule has 2 aromatic heterocycles. The fourth-order valence-corrected chi connectivity index (χ4v) is 8.22. The molecule has 0 fully saturated rings. The fraction of sp³-hybridized carbons (Fsp3) is 0.381. The number of amides is 4. The Morgan fingerprint density at radius 3 is 2.48 bits per heavy atom. The Morgan fingerprint density at radius 1 is 1.02 bits per heavy atom. The molecule has 1 aliphatic carbocycles. The molecule has 4 amide bonds. The topological polar surface area (TPSA) is 229 Å². The smallest absolute Gasteiger partial charge is 0.343 e. The predicted molar refractivity (Wildman–Crippen MR) is 206 cm³/mol. The largest absolute Gasteiger partial charge is 0.458 e. The third kappa shape index (κ3) is 7.46. The summed E-state index contributed by atoms with van der Waals surface area (Å²) in [6.07, 6.45) is 0.0887. The summed E-state index contributed by atoms with van der Waals surface area (Å²) in [5.74, 6) is -3.99. The maximum atomic E-state index is 15.3. The molecule has 4 heterocycles. The van der Waals surface area contributed by atoms with E-state index in [1.165, 1.54) is 10.6 Å². The number of carbonyl (C=O) groups excluding carboxylic acids is 6. The van der Waals surface area contributed by atoms with Gasteiger partial charge in [-0.3, -0.25) is 28.8 Å². The zero-order chi connectivity index (χ0) is 41.5. The average molecular weight is 795 g/mol. The molecule has 2 aliphatic heterocycles. The monoisotopic (exact) mass is 794 g/mol. The molecule has 15 nitrogen and oxygen atoms in total. The molecule has 16 heteroatoms. The number of nitrogens with zero attached hydrogens (tertiary/aromatic N) is 2. The number of cyclic esters (lactones) is 1. The highest BCUT2D eigenvalue weighted by Gasteiger charge is 2.46. The Morgan fingerprint density at radius 2 is 1.76 bits per heavy atom. The number of rotatable bonds is 14. The summed E-state index contributed by atoms with van der Waals surface area (Å²) in [6, 6.07) is 10.3. The Bertz CT molecular complexity index is 2470. The molecule has 6 N–H and O–H groups in total. The predicted octanol–water partition coefficient (Wildman–Crippen LogP) is 2.09. The molecular weight excluding hydrogens is 751 g/mol. The zero-order valence-electron chi connectivity index (χ0n) is 32.0. The number of aromatic nitrogens is 2. The van der Waals surface area contributed by atoms with Crippen LogP contribution in [0.25, 0.3) is 22.3 Å². The van der Waals surface area contributed by atoms with Crippen LogP contribution < -0.4 is 27.2 Å². The van der Waals surface area contributed by atoms with Crippen molar-refractivity contribution in [1.82, 2.24) is 25.5 Å². The molecule has 0 radical (unpaired) electrons. The molecule has 0 saturated heterocycles. The van der Waals surface area contributed by atoms with Crippen LogP contribution in [0.1, 0.15) is 90.4 Å². The number of aliphatic hydroxyl groups is 1. The van der Waals surface area contributed by atoms with Crippen molar-refractivity contribution in [2.24, 2.45) is 5.73 Å². The summed E-state index contributed by atoms with van der Waals surface area (Å²) in [5, 5.41) is 20.2. The van der Waals surface area contributed by atoms with E-state index in [1.807, 2.05) is 6.07 Å². The van der Waals surface area contributed by atoms with Gasteiger partial charge in [0.1, 0.15) is 12.4 Å². The van der Waals surface area contributed by atoms with Gasteiger partial charge >= 0.3 is 5.97 Å². The molecule has 0 saturated carbocycles. The van der Waals surface area contributed by atoms with Gasteiger partial charge in [-0.1, -0.05) is 37.3 Å². The molecule has 1 unspecified atom stereocenters. The van der Waals surface area contributed by atoms with E-state index in [0.717, 1.165) is 11.1 Å². The lowest BCUT2D eigenvalue weighted by Crippen LogP contribution is -2.44. The summed E-state index contributed by atoms with van der Waals surface area (Å²) in [4.78, 5) is 94.6. The second-order valence-electron chi connectivity index (χ2n) is 15.0. The van der Waals surface area contributed by atoms with Crippen LogP contribution in [-0.4, -0.2) is 62.6 Å². The normalized spacial score (nSPS) is 18.0. The lowest BCUT2D eigenvalue weighted by Gasteiger charge is -2.31. The van der Waals surface area contributed by atoms with Crippen molar-refractivity contribution in [2.45, 2.75) is 96.1 Å². The first-order chi connectivity index (χ1) is 27.7. The van der Waals surface area contributed by atoms with Crippen LogP contribution in [0.5, 0.6) is 0 Å². The molecule has 302 valence electrons. The van der Waals surface area contributed by atoms with Gasteiger partial charge in [-0.15, -0.1) is 0 Å². The Balaban J connectivity index is 1.08. The number of benzene rings is 2. The van der Waals surface area contributed by atoms with Crippen LogP contribution in [0.3, 0.4) is 0 Å². The minimum Gasteiger partial charge on any atom is -0.458 e. The average Bonchev–Trinajstić information content (AvgIpc) is 3.58. The van der Waals surface area contributed by atoms with Gasteiger partial charge in [0, 0.05) is 48.3 Å². The highest BCUT2D eigenvalue weighted by atomic mass is 19.1. The molecule has 58 heavy (non-hydrogen) atoms. The van der Waals surface area contributed by atoms with Gasteiger partial charge in [0.15, 0.2) is 11.4 Å². The molecule has 7 rings (SSSR count). The van der Waals surface area contributed by atoms with E-state index >= 15 is 4.39 Å². The molecule has 3 aliphatic rings. The molecule has 0 bridgehead atoms. The van der Waals surface area contributed by atoms with Crippen LogP contribution >= 0.6 is 0 Å². The SMILES string of the molecule is CC[C@@]1(O)C(=O)OCc2c1cc1n(c2=O)Cc2c-1nc1cc(F)c(C)c3c1c2[C@@H](NC(=O)CNC(=O)CCC(=O)C(Cc1ccccc1)NC(=O)CCC(N)=O)CC3. The van der Waals surface area contributed by atoms with Crippen molar-refractivity contribution in [1.29, 1.82) is 0 Å². The van der Waals surface area contributed by atoms with E-state index in [1.54, 1.807) is 44.2 Å². The van der Waals surface area contributed by atoms with Crippen molar-refractivity contribution >= 4 is 46.3 Å². The lowest BCUT2D eigenvalue weighted by atomic mass is 9.81. The van der Waals surface area contributed by atoms with Crippen molar-refractivity contribution < 1.29 is 43.0 Å². The first kappa shape index (κ1) is 39.9. The van der Waals surface area contributed by atoms with Crippen molar-refractivity contribution in [3.8, 4) is 11.4 Å². The molecule has 4 aromatic rings. The summed E-state index contributed by atoms with van der Waals surface area (Å²) in [5.41, 5.74) is 7.24. The minimum atomic E-state index is -2.03. The minimum absolute atomic E-state index is 0.0353. The number of halogens is 1. The number of hydrogen-bond acceptors (Lipinski definition) is 10. The molecular formula is C42H43FN6O9. The maximum absolute atomic E-state index is 15.3. The van der Waals surface area contributed by atoms with Gasteiger partial charge in [0.05, 0.1) is 47.6 Å². The first-order valence-electron chi connectivity index (χ1n) is 19.2. The van der Waals surface area contributed by atoms with Crippen LogP contribution in [0, 0.1) is 12.7 Å². The van der Waals surface area contributed by atoms with Crippen molar-refractivity contribution in [2.75, 3.05) is 6.54 Å². The molecule has 0 spiro atoms. The van der Waals surface area contributed by atoms with E-state index in [-0.39, 0.29) is 62.8 Å². The Kier molecular flexibility index (Phi) is 11.0. The van der Waals surface area contributed by atoms with Crippen molar-refractivity contribution in [3.05, 3.63) is 97.6 Å². The van der Waals surface area contributed by atoms with Crippen LogP contribution in [0.15, 0.2) is 47.3 Å². The Labute approximate surface area is 331 Å². The van der Waals surface area contributed by atoms with E-state index in [2.05, 4.69) is 16.0 Å². The van der Waals surface area contributed by atoms with Gasteiger partial charge in [0.25, 0.3) is 5.56 Å². The van der Waals surface area contributed by atoms with Crippen LogP contribution in [-0.2, 0) is 65.1 Å². The van der Waals surface area contributed by atoms with E-state index in [9.17, 15) is 38.7 Å². The summed E-state index contributed by atoms with van der Waals surface area (Å²) >= 11 is 0. The van der Waals surface area contributed by atoms with Gasteiger partial charge < -0.3 is 36.1 Å². The number of pyridine rings is 2. The van der Waals surface area contributed by atoms with E-state index in [4.69, 9.17) is 15.5 Å². The third-order valence-corrected chi connectivity index (χ3v) is 11.4. The number of hydrogen-bond donors (Lipinski definition) is 5. The highest BCUT2D eigenvalue weighted by Crippen LogP contribution is 2.46. The zero-order valence-corrected chi connectivity index (χ0v) is 32.0. The fourth-order valence-electron chi connectivity index (χ4n) is 8.22. The van der Waals surface area contributed by atoms with Crippen LogP contribution in [0.2, 0.25) is 0 Å². The molecule has 2 aromatic carbocycles. The third-order valence-electron chi connectivity index (χ3n) is 11.4. The highest BCUT2D eigenvalue weighted by molar-refractivity contribution is 5.95. The number of ketones is 1. The second-order valence-corrected chi connectivity index (χ2v) is 15.0. The number of ether oxygens (including phenoxy) is 1. The van der Waals surface area contributed by atoms with E-state index in [0.29, 0.717) is 51.8 Å². The number of nitrogens with two attached hydrogens (primary N) is 1. The second kappa shape index (κ2) is 15.9. The number of nitrogens with one attached hydrogen (secondary N) is 3. The van der Waals surface area contributed by atoms with Gasteiger partial charge in [0.2, 0.25) is 23.6 Å². The van der Waals surface area contributed by atoms with Crippen molar-refractivity contribution in [3.63, 3.8) is 0 Å². The maximum Gasteiger partial charge on any atom is 0.343 e. The summed E-state index contributed by atoms with van der Waals surface area (Å²) in [7, 11) is 0. The van der Waals surface area contributed by atoms with Crippen LogP contribution in [0.4, 0.5) is 4.39 Å². The molecule has 3 atom stereocenters. The summed E-state index contributed by atoms with van der Waals surface area (Å²) < 4.78 is 22.0. The number of fused-ring (bicyclic) bond motifs is 5. The van der Waals surface area contributed by atoms with Gasteiger partial charge in [-0.05, 0) is 60.9 Å². The number of carbonyl (C=O) groups is 6. The summed E-state index contributed by atoms with van der Waals surface area (Å²) in [6.45, 7) is 2.64. The van der Waals surface area contributed by atoms with Gasteiger partial charge in [-0.25, -0.2) is 14.2 Å². The number of primary amides is 1. The first-order valence-corrected chi connectivity index (χ1v) is 19.2. The van der Waals surface area contributed by atoms with E-state index < -0.39 is 71.0 Å². The number of Topliss-reactive ketones (excluding diaryl/α,β-unsaturated/α-hetero) is 1. The number of esters is 1. The Hall–Kier alpha value is -6.29.